The SMILES string of the molecule is COc1cc(OC)c(OC)cc1CNC(=O)c1ccc([N+](=O)[O-])cc1. The van der Waals surface area contributed by atoms with Crippen LogP contribution in [-0.2, 0) is 6.54 Å². The second-order valence-corrected chi connectivity index (χ2v) is 5.01. The van der Waals surface area contributed by atoms with E-state index < -0.39 is 4.92 Å². The topological polar surface area (TPSA) is 99.9 Å². The summed E-state index contributed by atoms with van der Waals surface area (Å²) in [6.45, 7) is 0.194. The van der Waals surface area contributed by atoms with E-state index in [4.69, 9.17) is 14.2 Å². The van der Waals surface area contributed by atoms with Gasteiger partial charge in [0.1, 0.15) is 5.75 Å². The number of rotatable bonds is 7. The highest BCUT2D eigenvalue weighted by molar-refractivity contribution is 5.94. The Morgan fingerprint density at radius 1 is 1.00 bits per heavy atom. The van der Waals surface area contributed by atoms with Crippen molar-refractivity contribution in [3.63, 3.8) is 0 Å². The van der Waals surface area contributed by atoms with Gasteiger partial charge in [-0.3, -0.25) is 14.9 Å². The zero-order valence-electron chi connectivity index (χ0n) is 14.1. The van der Waals surface area contributed by atoms with Crippen LogP contribution < -0.4 is 19.5 Å². The molecule has 1 amide bonds. The lowest BCUT2D eigenvalue weighted by molar-refractivity contribution is -0.384. The summed E-state index contributed by atoms with van der Waals surface area (Å²) in [5, 5.41) is 13.4. The summed E-state index contributed by atoms with van der Waals surface area (Å²) in [6.07, 6.45) is 0. The fourth-order valence-electron chi connectivity index (χ4n) is 2.24. The first-order valence-electron chi connectivity index (χ1n) is 7.31. The summed E-state index contributed by atoms with van der Waals surface area (Å²) < 4.78 is 15.8. The number of nitro benzene ring substituents is 1. The largest absolute Gasteiger partial charge is 0.496 e. The van der Waals surface area contributed by atoms with E-state index in [9.17, 15) is 14.9 Å². The number of amides is 1. The van der Waals surface area contributed by atoms with Crippen LogP contribution in [0.3, 0.4) is 0 Å². The standard InChI is InChI=1S/C17H18N2O6/c1-23-14-9-16(25-3)15(24-2)8-12(14)10-18-17(20)11-4-6-13(7-5-11)19(21)22/h4-9H,10H2,1-3H3,(H,18,20). The molecule has 0 aromatic heterocycles. The van der Waals surface area contributed by atoms with Crippen LogP contribution in [0.5, 0.6) is 17.2 Å². The maximum absolute atomic E-state index is 12.2. The van der Waals surface area contributed by atoms with Crippen LogP contribution in [0, 0.1) is 10.1 Å². The third kappa shape index (κ3) is 4.17. The van der Waals surface area contributed by atoms with Gasteiger partial charge >= 0.3 is 0 Å². The molecule has 8 nitrogen and oxygen atoms in total. The fraction of sp³-hybridized carbons (Fsp3) is 0.235. The molecular weight excluding hydrogens is 328 g/mol. The van der Waals surface area contributed by atoms with Gasteiger partial charge < -0.3 is 19.5 Å². The van der Waals surface area contributed by atoms with E-state index in [1.807, 2.05) is 0 Å². The third-order valence-corrected chi connectivity index (χ3v) is 3.57. The molecule has 0 saturated carbocycles. The molecule has 0 aliphatic carbocycles. The average Bonchev–Trinajstić information content (AvgIpc) is 2.65. The summed E-state index contributed by atoms with van der Waals surface area (Å²) in [7, 11) is 4.56. The molecule has 2 rings (SSSR count). The van der Waals surface area contributed by atoms with Gasteiger partial charge in [-0.25, -0.2) is 0 Å². The van der Waals surface area contributed by atoms with Gasteiger partial charge in [0, 0.05) is 35.9 Å². The van der Waals surface area contributed by atoms with Crippen LogP contribution in [-0.4, -0.2) is 32.2 Å². The first-order chi connectivity index (χ1) is 12.0. The Morgan fingerprint density at radius 2 is 1.56 bits per heavy atom. The predicted octanol–water partition coefficient (Wildman–Crippen LogP) is 2.55. The van der Waals surface area contributed by atoms with E-state index in [0.717, 1.165) is 0 Å². The van der Waals surface area contributed by atoms with E-state index in [2.05, 4.69) is 5.32 Å². The molecule has 0 saturated heterocycles. The van der Waals surface area contributed by atoms with Gasteiger partial charge in [0.2, 0.25) is 0 Å². The molecule has 8 heteroatoms. The molecule has 0 aliphatic rings. The quantitative estimate of drug-likeness (QED) is 0.611. The molecule has 0 radical (unpaired) electrons. The average molecular weight is 346 g/mol. The van der Waals surface area contributed by atoms with Crippen molar-refractivity contribution in [2.75, 3.05) is 21.3 Å². The Bertz CT molecular complexity index is 773. The van der Waals surface area contributed by atoms with Crippen LogP contribution in [0.4, 0.5) is 5.69 Å². The molecule has 0 bridgehead atoms. The van der Waals surface area contributed by atoms with Crippen LogP contribution in [0.1, 0.15) is 15.9 Å². The van der Waals surface area contributed by atoms with E-state index >= 15 is 0 Å². The van der Waals surface area contributed by atoms with Gasteiger partial charge in [-0.2, -0.15) is 0 Å². The molecule has 1 N–H and O–H groups in total. The number of ether oxygens (including phenoxy) is 3. The van der Waals surface area contributed by atoms with Crippen molar-refractivity contribution in [1.29, 1.82) is 0 Å². The molecule has 2 aromatic carbocycles. The van der Waals surface area contributed by atoms with Crippen molar-refractivity contribution in [2.24, 2.45) is 0 Å². The van der Waals surface area contributed by atoms with Crippen molar-refractivity contribution >= 4 is 11.6 Å². The summed E-state index contributed by atoms with van der Waals surface area (Å²) in [5.74, 6) is 1.22. The van der Waals surface area contributed by atoms with Crippen molar-refractivity contribution in [2.45, 2.75) is 6.54 Å². The zero-order valence-corrected chi connectivity index (χ0v) is 14.1. The minimum absolute atomic E-state index is 0.0712. The van der Waals surface area contributed by atoms with E-state index in [0.29, 0.717) is 28.4 Å². The summed E-state index contributed by atoms with van der Waals surface area (Å²) >= 11 is 0. The second-order valence-electron chi connectivity index (χ2n) is 5.01. The molecule has 0 fully saturated rings. The lowest BCUT2D eigenvalue weighted by Gasteiger charge is -2.14. The van der Waals surface area contributed by atoms with E-state index in [1.165, 1.54) is 45.6 Å². The number of hydrogen-bond donors (Lipinski definition) is 1. The van der Waals surface area contributed by atoms with Crippen molar-refractivity contribution in [3.8, 4) is 17.2 Å². The molecule has 132 valence electrons. The van der Waals surface area contributed by atoms with Crippen LogP contribution in [0.15, 0.2) is 36.4 Å². The number of nitrogens with zero attached hydrogens (tertiary/aromatic N) is 1. The van der Waals surface area contributed by atoms with Gasteiger partial charge in [0.25, 0.3) is 11.6 Å². The molecule has 0 aliphatic heterocycles. The zero-order chi connectivity index (χ0) is 18.4. The van der Waals surface area contributed by atoms with Gasteiger partial charge in [-0.1, -0.05) is 0 Å². The smallest absolute Gasteiger partial charge is 0.269 e. The molecule has 0 unspecified atom stereocenters. The van der Waals surface area contributed by atoms with E-state index in [-0.39, 0.29) is 18.1 Å². The number of non-ortho nitro benzene ring substituents is 1. The Balaban J connectivity index is 2.14. The van der Waals surface area contributed by atoms with Gasteiger partial charge in [-0.05, 0) is 18.2 Å². The minimum atomic E-state index is -0.518. The number of carbonyl (C=O) groups excluding carboxylic acids is 1. The van der Waals surface area contributed by atoms with E-state index in [1.54, 1.807) is 12.1 Å². The Labute approximate surface area is 144 Å². The number of methoxy groups -OCH3 is 3. The Morgan fingerprint density at radius 3 is 2.08 bits per heavy atom. The highest BCUT2D eigenvalue weighted by atomic mass is 16.6. The number of hydrogen-bond acceptors (Lipinski definition) is 6. The minimum Gasteiger partial charge on any atom is -0.496 e. The highest BCUT2D eigenvalue weighted by Gasteiger charge is 2.14. The highest BCUT2D eigenvalue weighted by Crippen LogP contribution is 2.34. The Hall–Kier alpha value is -3.29. The van der Waals surface area contributed by atoms with Gasteiger partial charge in [0.15, 0.2) is 11.5 Å². The Kier molecular flexibility index (Phi) is 5.78. The second kappa shape index (κ2) is 8.00. The van der Waals surface area contributed by atoms with Gasteiger partial charge in [0.05, 0.1) is 26.3 Å². The number of nitrogens with one attached hydrogen (secondary N) is 1. The lowest BCUT2D eigenvalue weighted by atomic mass is 10.1. The fourth-order valence-corrected chi connectivity index (χ4v) is 2.24. The maximum atomic E-state index is 12.2. The first kappa shape index (κ1) is 18.1. The van der Waals surface area contributed by atoms with Crippen molar-refractivity contribution in [1.82, 2.24) is 5.32 Å². The van der Waals surface area contributed by atoms with Gasteiger partial charge in [-0.15, -0.1) is 0 Å². The lowest BCUT2D eigenvalue weighted by Crippen LogP contribution is -2.23. The summed E-state index contributed by atoms with van der Waals surface area (Å²) in [5.41, 5.74) is 0.957. The first-order valence-corrected chi connectivity index (χ1v) is 7.31. The van der Waals surface area contributed by atoms with Crippen LogP contribution in [0.25, 0.3) is 0 Å². The molecule has 2 aromatic rings. The molecule has 0 atom stereocenters. The third-order valence-electron chi connectivity index (χ3n) is 3.57. The maximum Gasteiger partial charge on any atom is 0.269 e. The number of nitro groups is 1. The van der Waals surface area contributed by atoms with Crippen molar-refractivity contribution in [3.05, 3.63) is 57.6 Å². The molecular formula is C17H18N2O6. The predicted molar refractivity (Wildman–Crippen MR) is 90.4 cm³/mol. The number of benzene rings is 2. The number of carbonyl (C=O) groups is 1. The van der Waals surface area contributed by atoms with Crippen molar-refractivity contribution < 1.29 is 23.9 Å². The molecule has 0 spiro atoms. The van der Waals surface area contributed by atoms with Crippen LogP contribution >= 0.6 is 0 Å². The normalized spacial score (nSPS) is 10.0. The summed E-state index contributed by atoms with van der Waals surface area (Å²) in [6, 6.07) is 8.76. The molecule has 25 heavy (non-hydrogen) atoms. The summed E-state index contributed by atoms with van der Waals surface area (Å²) in [4.78, 5) is 22.3. The monoisotopic (exact) mass is 346 g/mol. The molecule has 0 heterocycles. The van der Waals surface area contributed by atoms with Crippen LogP contribution in [0.2, 0.25) is 0 Å².